The maximum absolute atomic E-state index is 11.4. The Morgan fingerprint density at radius 2 is 1.83 bits per heavy atom. The molecule has 3 rings (SSSR count). The van der Waals surface area contributed by atoms with Gasteiger partial charge in [0.1, 0.15) is 0 Å². The van der Waals surface area contributed by atoms with Crippen molar-refractivity contribution in [3.8, 4) is 0 Å². The SMILES string of the molecule is O=S1CCC(NC2CCCC2C2CCCN2)CC1. The molecule has 3 atom stereocenters. The number of hydrogen-bond acceptors (Lipinski definition) is 3. The predicted molar refractivity (Wildman–Crippen MR) is 76.2 cm³/mol. The van der Waals surface area contributed by atoms with Gasteiger partial charge in [-0.15, -0.1) is 0 Å². The van der Waals surface area contributed by atoms with Crippen molar-refractivity contribution >= 4 is 10.8 Å². The summed E-state index contributed by atoms with van der Waals surface area (Å²) in [6, 6.07) is 2.12. The zero-order valence-corrected chi connectivity index (χ0v) is 12.0. The fraction of sp³-hybridized carbons (Fsp3) is 1.00. The molecular formula is C14H26N2OS. The van der Waals surface area contributed by atoms with Crippen molar-refractivity contribution < 1.29 is 4.21 Å². The first kappa shape index (κ1) is 13.1. The van der Waals surface area contributed by atoms with Crippen LogP contribution >= 0.6 is 0 Å². The summed E-state index contributed by atoms with van der Waals surface area (Å²) < 4.78 is 11.4. The zero-order chi connectivity index (χ0) is 12.4. The third kappa shape index (κ3) is 2.97. The minimum Gasteiger partial charge on any atom is -0.314 e. The Kier molecular flexibility index (Phi) is 4.37. The molecule has 0 aromatic rings. The van der Waals surface area contributed by atoms with E-state index in [9.17, 15) is 4.21 Å². The van der Waals surface area contributed by atoms with Crippen molar-refractivity contribution in [2.24, 2.45) is 5.92 Å². The Morgan fingerprint density at radius 1 is 1.00 bits per heavy atom. The largest absolute Gasteiger partial charge is 0.314 e. The van der Waals surface area contributed by atoms with E-state index < -0.39 is 10.8 Å². The van der Waals surface area contributed by atoms with Crippen molar-refractivity contribution in [1.29, 1.82) is 0 Å². The minimum absolute atomic E-state index is 0.527. The highest BCUT2D eigenvalue weighted by Gasteiger charge is 2.36. The van der Waals surface area contributed by atoms with Crippen LogP contribution in [0.3, 0.4) is 0 Å². The van der Waals surface area contributed by atoms with Crippen LogP contribution in [-0.2, 0) is 10.8 Å². The van der Waals surface area contributed by atoms with Gasteiger partial charge in [-0.2, -0.15) is 0 Å². The fourth-order valence-electron chi connectivity index (χ4n) is 4.02. The second-order valence-corrected chi connectivity index (χ2v) is 7.89. The molecule has 2 heterocycles. The van der Waals surface area contributed by atoms with Gasteiger partial charge in [-0.1, -0.05) is 6.42 Å². The van der Waals surface area contributed by atoms with E-state index in [0.717, 1.165) is 42.3 Å². The third-order valence-electron chi connectivity index (χ3n) is 5.02. The predicted octanol–water partition coefficient (Wildman–Crippen LogP) is 1.41. The summed E-state index contributed by atoms with van der Waals surface area (Å²) in [7, 11) is -0.527. The maximum Gasteiger partial charge on any atom is 0.0249 e. The summed E-state index contributed by atoms with van der Waals surface area (Å²) in [5, 5.41) is 7.58. The highest BCUT2D eigenvalue weighted by atomic mass is 32.2. The molecule has 0 bridgehead atoms. The lowest BCUT2D eigenvalue weighted by Crippen LogP contribution is -2.47. The summed E-state index contributed by atoms with van der Waals surface area (Å²) in [5.41, 5.74) is 0. The van der Waals surface area contributed by atoms with E-state index in [1.54, 1.807) is 0 Å². The van der Waals surface area contributed by atoms with Crippen LogP contribution in [0.4, 0.5) is 0 Å². The van der Waals surface area contributed by atoms with E-state index >= 15 is 0 Å². The Balaban J connectivity index is 1.53. The van der Waals surface area contributed by atoms with Gasteiger partial charge in [0.05, 0.1) is 0 Å². The van der Waals surface area contributed by atoms with E-state index in [-0.39, 0.29) is 0 Å². The lowest BCUT2D eigenvalue weighted by atomic mass is 9.92. The second-order valence-electron chi connectivity index (χ2n) is 6.19. The Labute approximate surface area is 113 Å². The topological polar surface area (TPSA) is 41.1 Å². The molecule has 104 valence electrons. The van der Waals surface area contributed by atoms with Crippen molar-refractivity contribution in [2.45, 2.75) is 63.1 Å². The minimum atomic E-state index is -0.527. The molecule has 18 heavy (non-hydrogen) atoms. The molecule has 1 aliphatic carbocycles. The van der Waals surface area contributed by atoms with Crippen LogP contribution in [-0.4, -0.2) is 40.4 Å². The molecule has 0 aromatic heterocycles. The molecule has 3 fully saturated rings. The van der Waals surface area contributed by atoms with Crippen molar-refractivity contribution in [3.63, 3.8) is 0 Å². The van der Waals surface area contributed by atoms with Crippen molar-refractivity contribution in [3.05, 3.63) is 0 Å². The summed E-state index contributed by atoms with van der Waals surface area (Å²) in [6.07, 6.45) is 9.10. The molecule has 3 unspecified atom stereocenters. The van der Waals surface area contributed by atoms with Gasteiger partial charge in [0, 0.05) is 40.4 Å². The number of hydrogen-bond donors (Lipinski definition) is 2. The molecule has 0 amide bonds. The summed E-state index contributed by atoms with van der Waals surface area (Å²) in [4.78, 5) is 0. The van der Waals surface area contributed by atoms with Gasteiger partial charge < -0.3 is 10.6 Å². The summed E-state index contributed by atoms with van der Waals surface area (Å²) >= 11 is 0. The fourth-order valence-corrected chi connectivity index (χ4v) is 5.32. The first-order valence-corrected chi connectivity index (χ1v) is 9.16. The molecule has 2 aliphatic heterocycles. The van der Waals surface area contributed by atoms with Crippen LogP contribution in [0, 0.1) is 5.92 Å². The van der Waals surface area contributed by atoms with Gasteiger partial charge in [0.25, 0.3) is 0 Å². The smallest absolute Gasteiger partial charge is 0.0249 e. The summed E-state index contributed by atoms with van der Waals surface area (Å²) in [6.45, 7) is 1.22. The quantitative estimate of drug-likeness (QED) is 0.815. The van der Waals surface area contributed by atoms with Crippen molar-refractivity contribution in [1.82, 2.24) is 10.6 Å². The zero-order valence-electron chi connectivity index (χ0n) is 11.2. The molecular weight excluding hydrogens is 244 g/mol. The van der Waals surface area contributed by atoms with E-state index in [2.05, 4.69) is 10.6 Å². The standard InChI is InChI=1S/C14H26N2OS/c17-18-9-6-11(7-10-18)16-14-4-1-3-12(14)13-5-2-8-15-13/h11-16H,1-10H2. The van der Waals surface area contributed by atoms with Gasteiger partial charge in [-0.25, -0.2) is 0 Å². The highest BCUT2D eigenvalue weighted by Crippen LogP contribution is 2.32. The lowest BCUT2D eigenvalue weighted by molar-refractivity contribution is 0.290. The van der Waals surface area contributed by atoms with Crippen molar-refractivity contribution in [2.75, 3.05) is 18.1 Å². The number of nitrogens with one attached hydrogen (secondary N) is 2. The average molecular weight is 270 g/mol. The van der Waals surface area contributed by atoms with Crippen LogP contribution in [0.1, 0.15) is 44.9 Å². The Morgan fingerprint density at radius 3 is 2.56 bits per heavy atom. The molecule has 0 spiro atoms. The maximum atomic E-state index is 11.4. The molecule has 0 aromatic carbocycles. The van der Waals surface area contributed by atoms with E-state index in [1.807, 2.05) is 0 Å². The molecule has 1 saturated carbocycles. The van der Waals surface area contributed by atoms with E-state index in [1.165, 1.54) is 38.6 Å². The van der Waals surface area contributed by atoms with Gasteiger partial charge in [-0.05, 0) is 51.0 Å². The Bertz CT molecular complexity index is 294. The average Bonchev–Trinajstić information content (AvgIpc) is 3.02. The third-order valence-corrected chi connectivity index (χ3v) is 6.40. The molecule has 2 N–H and O–H groups in total. The Hall–Kier alpha value is 0.0700. The highest BCUT2D eigenvalue weighted by molar-refractivity contribution is 7.85. The molecule has 2 saturated heterocycles. The number of rotatable bonds is 3. The van der Waals surface area contributed by atoms with Crippen LogP contribution in [0.2, 0.25) is 0 Å². The molecule has 4 heteroatoms. The van der Waals surface area contributed by atoms with E-state index in [0.29, 0.717) is 6.04 Å². The van der Waals surface area contributed by atoms with Gasteiger partial charge >= 0.3 is 0 Å². The van der Waals surface area contributed by atoms with Crippen LogP contribution < -0.4 is 10.6 Å². The second kappa shape index (κ2) is 6.02. The van der Waals surface area contributed by atoms with Gasteiger partial charge in [0.2, 0.25) is 0 Å². The van der Waals surface area contributed by atoms with Crippen LogP contribution in [0.5, 0.6) is 0 Å². The van der Waals surface area contributed by atoms with Gasteiger partial charge in [-0.3, -0.25) is 4.21 Å². The van der Waals surface area contributed by atoms with Crippen LogP contribution in [0.25, 0.3) is 0 Å². The van der Waals surface area contributed by atoms with E-state index in [4.69, 9.17) is 0 Å². The normalized spacial score (nSPS) is 45.4. The summed E-state index contributed by atoms with van der Waals surface area (Å²) in [5.74, 6) is 2.67. The van der Waals surface area contributed by atoms with Crippen LogP contribution in [0.15, 0.2) is 0 Å². The molecule has 3 nitrogen and oxygen atoms in total. The molecule has 0 radical (unpaired) electrons. The first-order valence-electron chi connectivity index (χ1n) is 7.67. The lowest BCUT2D eigenvalue weighted by Gasteiger charge is -2.32. The monoisotopic (exact) mass is 270 g/mol. The van der Waals surface area contributed by atoms with Gasteiger partial charge in [0.15, 0.2) is 0 Å². The first-order chi connectivity index (χ1) is 8.83. The molecule has 3 aliphatic rings.